The summed E-state index contributed by atoms with van der Waals surface area (Å²) in [5.74, 6) is 0.0129. The van der Waals surface area contributed by atoms with Crippen LogP contribution in [0, 0.1) is 11.8 Å². The molecule has 17 heavy (non-hydrogen) atoms. The molecule has 5 nitrogen and oxygen atoms in total. The van der Waals surface area contributed by atoms with Gasteiger partial charge in [-0.1, -0.05) is 13.8 Å². The molecular formula is C12H22N2O3. The van der Waals surface area contributed by atoms with Crippen molar-refractivity contribution >= 4 is 11.9 Å². The number of methoxy groups -OCH3 is 1. The third kappa shape index (κ3) is 4.00. The highest BCUT2D eigenvalue weighted by atomic mass is 16.5. The van der Waals surface area contributed by atoms with Crippen LogP contribution < -0.4 is 5.32 Å². The molecule has 1 rings (SSSR count). The number of rotatable bonds is 5. The molecule has 0 bridgehead atoms. The first-order valence-electron chi connectivity index (χ1n) is 6.15. The fourth-order valence-electron chi connectivity index (χ4n) is 2.18. The monoisotopic (exact) mass is 242 g/mol. The molecule has 1 aliphatic rings. The van der Waals surface area contributed by atoms with E-state index in [0.717, 1.165) is 13.0 Å². The summed E-state index contributed by atoms with van der Waals surface area (Å²) >= 11 is 0. The largest absolute Gasteiger partial charge is 0.469 e. The number of likely N-dealkylation sites (tertiary alicyclic amines) is 1. The van der Waals surface area contributed by atoms with Gasteiger partial charge in [0, 0.05) is 19.6 Å². The number of hydrogen-bond acceptors (Lipinski definition) is 4. The van der Waals surface area contributed by atoms with Crippen LogP contribution in [0.3, 0.4) is 0 Å². The molecule has 0 aromatic carbocycles. The first kappa shape index (κ1) is 14.0. The van der Waals surface area contributed by atoms with Crippen LogP contribution in [-0.2, 0) is 14.3 Å². The van der Waals surface area contributed by atoms with E-state index in [4.69, 9.17) is 4.74 Å². The highest BCUT2D eigenvalue weighted by Crippen LogP contribution is 2.23. The van der Waals surface area contributed by atoms with Crippen molar-refractivity contribution in [1.82, 2.24) is 10.2 Å². The molecule has 0 aromatic heterocycles. The SMILES string of the molecule is CCCNC(=O)CN1CC(C)C(C(=O)OC)C1. The molecule has 1 N–H and O–H groups in total. The first-order chi connectivity index (χ1) is 8.08. The molecule has 5 heteroatoms. The third-order valence-electron chi connectivity index (χ3n) is 3.13. The van der Waals surface area contributed by atoms with Crippen molar-refractivity contribution in [3.63, 3.8) is 0 Å². The fraction of sp³-hybridized carbons (Fsp3) is 0.833. The molecular weight excluding hydrogens is 220 g/mol. The second-order valence-corrected chi connectivity index (χ2v) is 4.65. The zero-order chi connectivity index (χ0) is 12.8. The Balaban J connectivity index is 2.38. The number of ether oxygens (including phenoxy) is 1. The lowest BCUT2D eigenvalue weighted by Crippen LogP contribution is -2.36. The molecule has 98 valence electrons. The van der Waals surface area contributed by atoms with E-state index in [9.17, 15) is 9.59 Å². The lowest BCUT2D eigenvalue weighted by Gasteiger charge is -2.14. The van der Waals surface area contributed by atoms with Gasteiger partial charge in [0.2, 0.25) is 5.91 Å². The van der Waals surface area contributed by atoms with E-state index in [1.54, 1.807) is 0 Å². The van der Waals surface area contributed by atoms with Crippen molar-refractivity contribution in [3.8, 4) is 0 Å². The van der Waals surface area contributed by atoms with Crippen LogP contribution in [0.5, 0.6) is 0 Å². The highest BCUT2D eigenvalue weighted by molar-refractivity contribution is 5.78. The van der Waals surface area contributed by atoms with Crippen LogP contribution in [-0.4, -0.2) is 50.1 Å². The maximum atomic E-state index is 11.5. The third-order valence-corrected chi connectivity index (χ3v) is 3.13. The number of carbonyl (C=O) groups is 2. The standard InChI is InChI=1S/C12H22N2O3/c1-4-5-13-11(15)8-14-6-9(2)10(7-14)12(16)17-3/h9-10H,4-8H2,1-3H3,(H,13,15). The van der Waals surface area contributed by atoms with Crippen molar-refractivity contribution in [2.24, 2.45) is 11.8 Å². The van der Waals surface area contributed by atoms with Gasteiger partial charge < -0.3 is 10.1 Å². The van der Waals surface area contributed by atoms with Crippen molar-refractivity contribution < 1.29 is 14.3 Å². The number of nitrogens with one attached hydrogen (secondary N) is 1. The van der Waals surface area contributed by atoms with E-state index < -0.39 is 0 Å². The second kappa shape index (κ2) is 6.59. The molecule has 0 aromatic rings. The van der Waals surface area contributed by atoms with Crippen molar-refractivity contribution in [3.05, 3.63) is 0 Å². The Bertz CT molecular complexity index is 281. The first-order valence-corrected chi connectivity index (χ1v) is 6.15. The summed E-state index contributed by atoms with van der Waals surface area (Å²) in [5.41, 5.74) is 0. The molecule has 1 fully saturated rings. The summed E-state index contributed by atoms with van der Waals surface area (Å²) in [7, 11) is 1.41. The quantitative estimate of drug-likeness (QED) is 0.702. The fourth-order valence-corrected chi connectivity index (χ4v) is 2.18. The van der Waals surface area contributed by atoms with Crippen molar-refractivity contribution in [2.45, 2.75) is 20.3 Å². The van der Waals surface area contributed by atoms with Gasteiger partial charge in [-0.3, -0.25) is 14.5 Å². The van der Waals surface area contributed by atoms with Gasteiger partial charge in [0.25, 0.3) is 0 Å². The van der Waals surface area contributed by atoms with Gasteiger partial charge in [-0.25, -0.2) is 0 Å². The Morgan fingerprint density at radius 2 is 2.12 bits per heavy atom. The summed E-state index contributed by atoms with van der Waals surface area (Å²) in [6, 6.07) is 0. The highest BCUT2D eigenvalue weighted by Gasteiger charge is 2.35. The zero-order valence-corrected chi connectivity index (χ0v) is 10.9. The van der Waals surface area contributed by atoms with Gasteiger partial charge in [0.1, 0.15) is 0 Å². The lowest BCUT2D eigenvalue weighted by molar-refractivity contribution is -0.146. The molecule has 0 radical (unpaired) electrons. The lowest BCUT2D eigenvalue weighted by atomic mass is 9.99. The number of esters is 1. The molecule has 1 amide bonds. The number of amides is 1. The summed E-state index contributed by atoms with van der Waals surface area (Å²) < 4.78 is 4.76. The van der Waals surface area contributed by atoms with Crippen LogP contribution in [0.2, 0.25) is 0 Å². The summed E-state index contributed by atoms with van der Waals surface area (Å²) in [4.78, 5) is 25.0. The molecule has 2 atom stereocenters. The Morgan fingerprint density at radius 1 is 1.41 bits per heavy atom. The predicted octanol–water partition coefficient (Wildman–Crippen LogP) is 0.254. The van der Waals surface area contributed by atoms with Gasteiger partial charge in [-0.2, -0.15) is 0 Å². The van der Waals surface area contributed by atoms with Crippen LogP contribution in [0.25, 0.3) is 0 Å². The van der Waals surface area contributed by atoms with Gasteiger partial charge in [0.15, 0.2) is 0 Å². The minimum Gasteiger partial charge on any atom is -0.469 e. The Hall–Kier alpha value is -1.10. The molecule has 0 saturated carbocycles. The van der Waals surface area contributed by atoms with Gasteiger partial charge in [0.05, 0.1) is 19.6 Å². The van der Waals surface area contributed by atoms with E-state index in [1.165, 1.54) is 7.11 Å². The summed E-state index contributed by atoms with van der Waals surface area (Å²) in [5, 5.41) is 2.84. The van der Waals surface area contributed by atoms with E-state index in [2.05, 4.69) is 5.32 Å². The van der Waals surface area contributed by atoms with Gasteiger partial charge in [-0.05, 0) is 12.3 Å². The predicted molar refractivity (Wildman–Crippen MR) is 64.4 cm³/mol. The zero-order valence-electron chi connectivity index (χ0n) is 10.9. The molecule has 1 saturated heterocycles. The molecule has 1 heterocycles. The van der Waals surface area contributed by atoms with Crippen LogP contribution in [0.4, 0.5) is 0 Å². The normalized spacial score (nSPS) is 24.6. The molecule has 0 spiro atoms. The van der Waals surface area contributed by atoms with E-state index >= 15 is 0 Å². The number of hydrogen-bond donors (Lipinski definition) is 1. The molecule has 1 aliphatic heterocycles. The molecule has 0 aliphatic carbocycles. The van der Waals surface area contributed by atoms with E-state index in [1.807, 2.05) is 18.7 Å². The summed E-state index contributed by atoms with van der Waals surface area (Å²) in [6.07, 6.45) is 0.937. The van der Waals surface area contributed by atoms with Crippen LogP contribution in [0.1, 0.15) is 20.3 Å². The summed E-state index contributed by atoms with van der Waals surface area (Å²) in [6.45, 7) is 6.52. The Morgan fingerprint density at radius 3 is 2.71 bits per heavy atom. The minimum atomic E-state index is -0.172. The second-order valence-electron chi connectivity index (χ2n) is 4.65. The van der Waals surface area contributed by atoms with Crippen LogP contribution in [0.15, 0.2) is 0 Å². The van der Waals surface area contributed by atoms with Gasteiger partial charge >= 0.3 is 5.97 Å². The Kier molecular flexibility index (Phi) is 5.41. The molecule has 2 unspecified atom stereocenters. The minimum absolute atomic E-state index is 0.0320. The van der Waals surface area contributed by atoms with Crippen LogP contribution >= 0.6 is 0 Å². The maximum absolute atomic E-state index is 11.5. The maximum Gasteiger partial charge on any atom is 0.310 e. The average Bonchev–Trinajstić information content (AvgIpc) is 2.66. The van der Waals surface area contributed by atoms with Crippen molar-refractivity contribution in [2.75, 3.05) is 33.3 Å². The topological polar surface area (TPSA) is 58.6 Å². The van der Waals surface area contributed by atoms with E-state index in [-0.39, 0.29) is 23.7 Å². The number of nitrogens with zero attached hydrogens (tertiary/aromatic N) is 1. The Labute approximate surface area is 102 Å². The number of carbonyl (C=O) groups excluding carboxylic acids is 2. The average molecular weight is 242 g/mol. The van der Waals surface area contributed by atoms with E-state index in [0.29, 0.717) is 19.6 Å². The van der Waals surface area contributed by atoms with Gasteiger partial charge in [-0.15, -0.1) is 0 Å². The smallest absolute Gasteiger partial charge is 0.310 e. The van der Waals surface area contributed by atoms with Crippen molar-refractivity contribution in [1.29, 1.82) is 0 Å².